The van der Waals surface area contributed by atoms with Gasteiger partial charge < -0.3 is 15.1 Å². The third-order valence-corrected chi connectivity index (χ3v) is 5.09. The first-order valence-electron chi connectivity index (χ1n) is 9.05. The molecule has 3 rings (SSSR count). The second-order valence-electron chi connectivity index (χ2n) is 6.43. The number of nitrogens with zero attached hydrogens (tertiary/aromatic N) is 4. The van der Waals surface area contributed by atoms with Crippen molar-refractivity contribution in [2.45, 2.75) is 26.9 Å². The largest absolute Gasteiger partial charge is 0.364 e. The summed E-state index contributed by atoms with van der Waals surface area (Å²) in [5.74, 6) is 0.909. The highest BCUT2D eigenvalue weighted by atomic mass is 32.1. The Bertz CT molecular complexity index is 772. The molecule has 0 bridgehead atoms. The van der Waals surface area contributed by atoms with Crippen molar-refractivity contribution in [1.29, 1.82) is 0 Å². The van der Waals surface area contributed by atoms with Crippen molar-refractivity contribution in [2.75, 3.05) is 31.6 Å². The van der Waals surface area contributed by atoms with Crippen LogP contribution < -0.4 is 10.2 Å². The number of nitrogens with one attached hydrogen (secondary N) is 1. The lowest BCUT2D eigenvalue weighted by Crippen LogP contribution is -2.38. The molecule has 6 heteroatoms. The molecular weight excluding hydrogens is 342 g/mol. The van der Waals surface area contributed by atoms with E-state index in [-0.39, 0.29) is 0 Å². The van der Waals surface area contributed by atoms with Crippen molar-refractivity contribution in [1.82, 2.24) is 15.2 Å². The van der Waals surface area contributed by atoms with E-state index in [0.29, 0.717) is 6.54 Å². The van der Waals surface area contributed by atoms with Crippen LogP contribution in [-0.2, 0) is 13.1 Å². The highest BCUT2D eigenvalue weighted by Gasteiger charge is 2.10. The van der Waals surface area contributed by atoms with Crippen molar-refractivity contribution in [2.24, 2.45) is 4.99 Å². The molecule has 1 aromatic heterocycles. The Morgan fingerprint density at radius 2 is 2.15 bits per heavy atom. The van der Waals surface area contributed by atoms with Crippen LogP contribution in [0.3, 0.4) is 0 Å². The number of hydrogen-bond acceptors (Lipinski definition) is 4. The Labute approximate surface area is 160 Å². The first-order valence-corrected chi connectivity index (χ1v) is 9.93. The number of hydrogen-bond donors (Lipinski definition) is 1. The molecule has 138 valence electrons. The quantitative estimate of drug-likeness (QED) is 0.481. The molecule has 1 aliphatic heterocycles. The smallest absolute Gasteiger partial charge is 0.194 e. The van der Waals surface area contributed by atoms with Crippen molar-refractivity contribution in [3.63, 3.8) is 0 Å². The maximum Gasteiger partial charge on any atom is 0.194 e. The third-order valence-electron chi connectivity index (χ3n) is 4.27. The lowest BCUT2D eigenvalue weighted by Gasteiger charge is -2.21. The SMILES string of the molecule is CCNC(=NCc1cccc(N2CC=CC2)c1)N(C)Cc1csc(C)n1. The van der Waals surface area contributed by atoms with Gasteiger partial charge in [-0.1, -0.05) is 24.3 Å². The molecular formula is C20H27N5S. The van der Waals surface area contributed by atoms with E-state index in [0.717, 1.165) is 42.8 Å². The molecule has 1 aliphatic rings. The summed E-state index contributed by atoms with van der Waals surface area (Å²) < 4.78 is 0. The predicted octanol–water partition coefficient (Wildman–Crippen LogP) is 3.43. The zero-order valence-electron chi connectivity index (χ0n) is 15.8. The van der Waals surface area contributed by atoms with Crippen molar-refractivity contribution in [3.05, 3.63) is 58.1 Å². The van der Waals surface area contributed by atoms with Gasteiger partial charge in [-0.3, -0.25) is 0 Å². The topological polar surface area (TPSA) is 43.8 Å². The Morgan fingerprint density at radius 1 is 1.35 bits per heavy atom. The van der Waals surface area contributed by atoms with Crippen LogP contribution in [0, 0.1) is 6.92 Å². The third kappa shape index (κ3) is 4.85. The van der Waals surface area contributed by atoms with Crippen LogP contribution in [0.2, 0.25) is 0 Å². The highest BCUT2D eigenvalue weighted by Crippen LogP contribution is 2.19. The predicted molar refractivity (Wildman–Crippen MR) is 111 cm³/mol. The average molecular weight is 370 g/mol. The maximum atomic E-state index is 4.83. The zero-order valence-corrected chi connectivity index (χ0v) is 16.6. The van der Waals surface area contributed by atoms with Gasteiger partial charge in [0.15, 0.2) is 5.96 Å². The average Bonchev–Trinajstić information content (AvgIpc) is 3.31. The minimum absolute atomic E-state index is 0.665. The molecule has 0 radical (unpaired) electrons. The fourth-order valence-corrected chi connectivity index (χ4v) is 3.58. The van der Waals surface area contributed by atoms with Gasteiger partial charge in [0.2, 0.25) is 0 Å². The first kappa shape index (κ1) is 18.5. The Hall–Kier alpha value is -2.34. The van der Waals surface area contributed by atoms with Gasteiger partial charge in [0.25, 0.3) is 0 Å². The highest BCUT2D eigenvalue weighted by molar-refractivity contribution is 7.09. The molecule has 1 N–H and O–H groups in total. The fourth-order valence-electron chi connectivity index (χ4n) is 2.98. The summed E-state index contributed by atoms with van der Waals surface area (Å²) in [6.45, 7) is 8.39. The molecule has 0 unspecified atom stereocenters. The minimum atomic E-state index is 0.665. The summed E-state index contributed by atoms with van der Waals surface area (Å²) in [5, 5.41) is 6.60. The van der Waals surface area contributed by atoms with Crippen LogP contribution in [0.15, 0.2) is 46.8 Å². The van der Waals surface area contributed by atoms with Crippen LogP contribution in [0.5, 0.6) is 0 Å². The van der Waals surface area contributed by atoms with E-state index in [2.05, 4.69) is 75.9 Å². The van der Waals surface area contributed by atoms with E-state index in [4.69, 9.17) is 4.99 Å². The van der Waals surface area contributed by atoms with E-state index in [1.165, 1.54) is 11.3 Å². The normalized spacial score (nSPS) is 14.1. The number of aliphatic imine (C=N–C) groups is 1. The first-order chi connectivity index (χ1) is 12.7. The van der Waals surface area contributed by atoms with Gasteiger partial charge in [-0.15, -0.1) is 11.3 Å². The molecule has 0 aliphatic carbocycles. The van der Waals surface area contributed by atoms with Gasteiger partial charge >= 0.3 is 0 Å². The van der Waals surface area contributed by atoms with Gasteiger partial charge in [-0.25, -0.2) is 9.98 Å². The Kier molecular flexibility index (Phi) is 6.28. The standard InChI is InChI=1S/C20H27N5S/c1-4-21-20(24(3)14-18-15-26-16(2)23-18)22-13-17-8-7-9-19(12-17)25-10-5-6-11-25/h5-9,12,15H,4,10-11,13-14H2,1-3H3,(H,21,22). The lowest BCUT2D eigenvalue weighted by atomic mass is 10.2. The number of aromatic nitrogens is 1. The Morgan fingerprint density at radius 3 is 2.85 bits per heavy atom. The van der Waals surface area contributed by atoms with Gasteiger partial charge in [0.1, 0.15) is 0 Å². The second kappa shape index (κ2) is 8.85. The molecule has 26 heavy (non-hydrogen) atoms. The van der Waals surface area contributed by atoms with Gasteiger partial charge in [-0.05, 0) is 31.5 Å². The number of thiazole rings is 1. The van der Waals surface area contributed by atoms with Gasteiger partial charge in [0, 0.05) is 37.7 Å². The van der Waals surface area contributed by atoms with E-state index < -0.39 is 0 Å². The Balaban J connectivity index is 1.67. The van der Waals surface area contributed by atoms with Crippen LogP contribution >= 0.6 is 11.3 Å². The van der Waals surface area contributed by atoms with E-state index in [1.54, 1.807) is 11.3 Å². The summed E-state index contributed by atoms with van der Waals surface area (Å²) in [6.07, 6.45) is 4.42. The minimum Gasteiger partial charge on any atom is -0.364 e. The van der Waals surface area contributed by atoms with Crippen molar-refractivity contribution >= 4 is 23.0 Å². The summed E-state index contributed by atoms with van der Waals surface area (Å²) in [6, 6.07) is 8.67. The van der Waals surface area contributed by atoms with Gasteiger partial charge in [-0.2, -0.15) is 0 Å². The maximum absolute atomic E-state index is 4.83. The van der Waals surface area contributed by atoms with Crippen molar-refractivity contribution in [3.8, 4) is 0 Å². The van der Waals surface area contributed by atoms with E-state index in [1.807, 2.05) is 6.92 Å². The van der Waals surface area contributed by atoms with Gasteiger partial charge in [0.05, 0.1) is 23.8 Å². The number of benzene rings is 1. The second-order valence-corrected chi connectivity index (χ2v) is 7.49. The molecule has 0 atom stereocenters. The molecule has 5 nitrogen and oxygen atoms in total. The lowest BCUT2D eigenvalue weighted by molar-refractivity contribution is 0.471. The fraction of sp³-hybridized carbons (Fsp3) is 0.400. The number of guanidine groups is 1. The zero-order chi connectivity index (χ0) is 18.4. The molecule has 0 saturated carbocycles. The summed E-state index contributed by atoms with van der Waals surface area (Å²) in [5.41, 5.74) is 3.57. The number of aryl methyl sites for hydroxylation is 1. The number of anilines is 1. The number of rotatable bonds is 6. The van der Waals surface area contributed by atoms with E-state index in [9.17, 15) is 0 Å². The van der Waals surface area contributed by atoms with Crippen LogP contribution in [0.25, 0.3) is 0 Å². The molecule has 2 heterocycles. The summed E-state index contributed by atoms with van der Waals surface area (Å²) in [4.78, 5) is 13.9. The molecule has 1 aromatic carbocycles. The molecule has 2 aromatic rings. The van der Waals surface area contributed by atoms with Crippen molar-refractivity contribution < 1.29 is 0 Å². The van der Waals surface area contributed by atoms with E-state index >= 15 is 0 Å². The van der Waals surface area contributed by atoms with Crippen LogP contribution in [-0.4, -0.2) is 42.5 Å². The molecule has 0 amide bonds. The van der Waals surface area contributed by atoms with Crippen LogP contribution in [0.4, 0.5) is 5.69 Å². The van der Waals surface area contributed by atoms with Crippen LogP contribution in [0.1, 0.15) is 23.2 Å². The summed E-state index contributed by atoms with van der Waals surface area (Å²) in [7, 11) is 2.06. The molecule has 0 spiro atoms. The molecule has 0 saturated heterocycles. The molecule has 0 fully saturated rings. The summed E-state index contributed by atoms with van der Waals surface area (Å²) >= 11 is 1.69. The monoisotopic (exact) mass is 369 g/mol.